The number of halogens is 4. The van der Waals surface area contributed by atoms with Crippen LogP contribution < -0.4 is 0 Å². The SMILES string of the molecule is BrCc1ccc(Br)cc1CBr.Brc1ccc2c(c1)CC1(C2)c2cc(-c3ccc(-n4c5ccccc5c5ccccc54)cc3)ccc2-c2ccc(-c3ccc(-n4c5ccccc5c5ccccc54)cc3)cc21.C. The molecular formula is C66H48Br4N2. The van der Waals surface area contributed by atoms with E-state index in [0.717, 1.165) is 32.4 Å². The Bertz CT molecular complexity index is 3740. The molecule has 0 aliphatic heterocycles. The van der Waals surface area contributed by atoms with Gasteiger partial charge in [-0.3, -0.25) is 0 Å². The molecule has 0 unspecified atom stereocenters. The Morgan fingerprint density at radius 3 is 1.19 bits per heavy atom. The summed E-state index contributed by atoms with van der Waals surface area (Å²) in [5.74, 6) is 0. The van der Waals surface area contributed by atoms with E-state index in [4.69, 9.17) is 0 Å². The van der Waals surface area contributed by atoms with Crippen molar-refractivity contribution in [2.24, 2.45) is 0 Å². The summed E-state index contributed by atoms with van der Waals surface area (Å²) in [6, 6.07) is 80.9. The summed E-state index contributed by atoms with van der Waals surface area (Å²) >= 11 is 14.1. The van der Waals surface area contributed by atoms with E-state index in [9.17, 15) is 0 Å². The molecule has 1 spiro atoms. The zero-order valence-electron chi connectivity index (χ0n) is 38.5. The van der Waals surface area contributed by atoms with Crippen molar-refractivity contribution in [3.63, 3.8) is 0 Å². The number of fused-ring (bicyclic) bond motifs is 12. The van der Waals surface area contributed by atoms with Gasteiger partial charge in [-0.05, 0) is 165 Å². The van der Waals surface area contributed by atoms with Crippen molar-refractivity contribution < 1.29 is 0 Å². The van der Waals surface area contributed by atoms with Gasteiger partial charge in [0.25, 0.3) is 0 Å². The van der Waals surface area contributed by atoms with Crippen molar-refractivity contribution in [3.8, 4) is 44.8 Å². The number of benzene rings is 10. The molecule has 2 aliphatic rings. The minimum atomic E-state index is -0.147. The Morgan fingerprint density at radius 1 is 0.361 bits per heavy atom. The average Bonchev–Trinajstić information content (AvgIpc) is 4.15. The van der Waals surface area contributed by atoms with E-state index in [-0.39, 0.29) is 12.8 Å². The van der Waals surface area contributed by atoms with Crippen molar-refractivity contribution >= 4 is 107 Å². The lowest BCUT2D eigenvalue weighted by atomic mass is 9.74. The highest BCUT2D eigenvalue weighted by Crippen LogP contribution is 2.57. The second-order valence-corrected chi connectivity index (χ2v) is 21.8. The molecule has 6 heteroatoms. The van der Waals surface area contributed by atoms with Gasteiger partial charge in [0, 0.05) is 57.9 Å². The smallest absolute Gasteiger partial charge is 0.0541 e. The molecule has 0 radical (unpaired) electrons. The first kappa shape index (κ1) is 46.8. The van der Waals surface area contributed by atoms with Gasteiger partial charge in [0.05, 0.1) is 22.1 Å². The van der Waals surface area contributed by atoms with E-state index in [1.54, 1.807) is 0 Å². The van der Waals surface area contributed by atoms with Gasteiger partial charge >= 0.3 is 0 Å². The van der Waals surface area contributed by atoms with Crippen LogP contribution in [0.3, 0.4) is 0 Å². The standard InChI is InChI=1S/C57H37BrN2.C8H7Br3.CH4/c58-42-24-17-40-34-57(35-41(40)31-42)51-32-38(36-18-25-43(26-19-36)59-53-13-5-1-9-47(53)48-10-2-6-14-54(48)59)22-29-45(51)46-30-23-39(33-52(46)57)37-20-27-44(28-21-37)60-55-15-7-3-11-49(55)50-12-4-8-16-56(50)60;9-4-6-1-2-8(11)3-7(6)5-10;/h1-33H,34-35H2;1-3H,4-5H2;1H4. The van der Waals surface area contributed by atoms with Crippen LogP contribution in [-0.2, 0) is 28.9 Å². The third-order valence-corrected chi connectivity index (χ3v) is 17.2. The molecule has 72 heavy (non-hydrogen) atoms. The van der Waals surface area contributed by atoms with Gasteiger partial charge in [-0.1, -0.05) is 205 Å². The van der Waals surface area contributed by atoms with Crippen LogP contribution in [0, 0.1) is 0 Å². The molecule has 2 heterocycles. The number of aromatic nitrogens is 2. The Balaban J connectivity index is 0.000000395. The number of alkyl halides is 2. The van der Waals surface area contributed by atoms with E-state index in [2.05, 4.69) is 291 Å². The molecule has 14 rings (SSSR count). The predicted octanol–water partition coefficient (Wildman–Crippen LogP) is 19.9. The molecule has 2 aliphatic carbocycles. The Kier molecular flexibility index (Phi) is 12.3. The molecule has 2 nitrogen and oxygen atoms in total. The first-order chi connectivity index (χ1) is 34.9. The molecule has 0 saturated heterocycles. The number of rotatable bonds is 6. The van der Waals surface area contributed by atoms with Crippen molar-refractivity contribution in [2.45, 2.75) is 36.3 Å². The van der Waals surface area contributed by atoms with E-state index >= 15 is 0 Å². The molecule has 0 saturated carbocycles. The van der Waals surface area contributed by atoms with Crippen LogP contribution >= 0.6 is 63.7 Å². The van der Waals surface area contributed by atoms with Gasteiger partial charge in [0.2, 0.25) is 0 Å². The number of para-hydroxylation sites is 4. The second-order valence-electron chi connectivity index (χ2n) is 18.9. The summed E-state index contributed by atoms with van der Waals surface area (Å²) in [5.41, 5.74) is 23.2. The van der Waals surface area contributed by atoms with Crippen LogP contribution in [0.5, 0.6) is 0 Å². The largest absolute Gasteiger partial charge is 0.309 e. The average molecular weight is 1190 g/mol. The molecule has 0 N–H and O–H groups in total. The van der Waals surface area contributed by atoms with E-state index < -0.39 is 0 Å². The van der Waals surface area contributed by atoms with E-state index in [1.165, 1.54) is 122 Å². The normalized spacial score (nSPS) is 13.0. The lowest BCUT2D eigenvalue weighted by molar-refractivity contribution is 0.564. The van der Waals surface area contributed by atoms with Crippen molar-refractivity contribution in [3.05, 3.63) is 261 Å². The van der Waals surface area contributed by atoms with Gasteiger partial charge in [-0.25, -0.2) is 0 Å². The highest BCUT2D eigenvalue weighted by Gasteiger charge is 2.47. The van der Waals surface area contributed by atoms with E-state index in [1.807, 2.05) is 0 Å². The van der Waals surface area contributed by atoms with E-state index in [0.29, 0.717) is 0 Å². The zero-order valence-corrected chi connectivity index (χ0v) is 44.9. The summed E-state index contributed by atoms with van der Waals surface area (Å²) in [4.78, 5) is 0. The van der Waals surface area contributed by atoms with Crippen molar-refractivity contribution in [1.82, 2.24) is 9.13 Å². The fraction of sp³-hybridized carbons (Fsp3) is 0.0909. The number of nitrogens with zero attached hydrogens (tertiary/aromatic N) is 2. The van der Waals surface area contributed by atoms with Crippen molar-refractivity contribution in [2.75, 3.05) is 0 Å². The van der Waals surface area contributed by atoms with Crippen molar-refractivity contribution in [1.29, 1.82) is 0 Å². The van der Waals surface area contributed by atoms with Crippen LogP contribution in [0.2, 0.25) is 0 Å². The summed E-state index contributed by atoms with van der Waals surface area (Å²) < 4.78 is 7.07. The Morgan fingerprint density at radius 2 is 0.750 bits per heavy atom. The quantitative estimate of drug-likeness (QED) is 0.147. The molecule has 0 atom stereocenters. The summed E-state index contributed by atoms with van der Waals surface area (Å²) in [6.07, 6.45) is 1.97. The molecule has 350 valence electrons. The predicted molar refractivity (Wildman–Crippen MR) is 320 cm³/mol. The molecule has 12 aromatic rings. The molecule has 10 aromatic carbocycles. The third-order valence-electron chi connectivity index (χ3n) is 15.0. The number of hydrogen-bond donors (Lipinski definition) is 0. The Hall–Kier alpha value is -6.28. The third kappa shape index (κ3) is 7.76. The van der Waals surface area contributed by atoms with Gasteiger partial charge in [-0.2, -0.15) is 0 Å². The topological polar surface area (TPSA) is 9.86 Å². The molecular weight excluding hydrogens is 1140 g/mol. The molecule has 0 fully saturated rings. The second kappa shape index (κ2) is 19.0. The molecule has 0 bridgehead atoms. The number of hydrogen-bond acceptors (Lipinski definition) is 0. The lowest BCUT2D eigenvalue weighted by Gasteiger charge is -2.27. The van der Waals surface area contributed by atoms with Gasteiger partial charge in [-0.15, -0.1) is 0 Å². The fourth-order valence-corrected chi connectivity index (χ4v) is 13.6. The lowest BCUT2D eigenvalue weighted by Crippen LogP contribution is -2.26. The van der Waals surface area contributed by atoms with Crippen LogP contribution in [0.15, 0.2) is 227 Å². The highest BCUT2D eigenvalue weighted by atomic mass is 79.9. The van der Waals surface area contributed by atoms with Crippen LogP contribution in [0.25, 0.3) is 88.4 Å². The van der Waals surface area contributed by atoms with Gasteiger partial charge in [0.15, 0.2) is 0 Å². The minimum Gasteiger partial charge on any atom is -0.309 e. The van der Waals surface area contributed by atoms with Crippen LogP contribution in [0.4, 0.5) is 0 Å². The summed E-state index contributed by atoms with van der Waals surface area (Å²) in [6.45, 7) is 0. The molecule has 0 amide bonds. The Labute approximate surface area is 454 Å². The van der Waals surface area contributed by atoms with Gasteiger partial charge < -0.3 is 9.13 Å². The maximum atomic E-state index is 3.80. The summed E-state index contributed by atoms with van der Waals surface area (Å²) in [7, 11) is 0. The maximum absolute atomic E-state index is 3.80. The highest BCUT2D eigenvalue weighted by molar-refractivity contribution is 9.11. The fourth-order valence-electron chi connectivity index (χ4n) is 11.7. The summed E-state index contributed by atoms with van der Waals surface area (Å²) in [5, 5.41) is 6.96. The van der Waals surface area contributed by atoms with Crippen LogP contribution in [0.1, 0.15) is 40.8 Å². The first-order valence-electron chi connectivity index (χ1n) is 24.0. The van der Waals surface area contributed by atoms with Gasteiger partial charge in [0.1, 0.15) is 0 Å². The minimum absolute atomic E-state index is 0. The zero-order chi connectivity index (χ0) is 47.8. The molecule has 2 aromatic heterocycles. The monoisotopic (exact) mass is 1180 g/mol. The first-order valence-corrected chi connectivity index (χ1v) is 27.9. The maximum Gasteiger partial charge on any atom is 0.0541 e. The van der Waals surface area contributed by atoms with Crippen LogP contribution in [-0.4, -0.2) is 9.13 Å².